The molecule has 0 spiro atoms. The van der Waals surface area contributed by atoms with E-state index in [1.807, 2.05) is 13.0 Å². The maximum absolute atomic E-state index is 11.7. The number of carbonyl (C=O) groups excluding carboxylic acids is 1. The molecule has 0 saturated carbocycles. The Bertz CT molecular complexity index is 484. The van der Waals surface area contributed by atoms with Gasteiger partial charge in [-0.05, 0) is 52.4 Å². The number of esters is 1. The Labute approximate surface area is 166 Å². The molecule has 3 heteroatoms. The second kappa shape index (κ2) is 20.4. The quantitative estimate of drug-likeness (QED) is 0.176. The molecule has 0 aliphatic heterocycles. The third kappa shape index (κ3) is 17.3. The van der Waals surface area contributed by atoms with Gasteiger partial charge in [-0.2, -0.15) is 0 Å². The van der Waals surface area contributed by atoms with Crippen molar-refractivity contribution in [2.24, 2.45) is 0 Å². The fraction of sp³-hybridized carbons (Fsp3) is 0.542. The molecule has 1 atom stereocenters. The van der Waals surface area contributed by atoms with Crippen molar-refractivity contribution in [2.45, 2.75) is 71.8 Å². The summed E-state index contributed by atoms with van der Waals surface area (Å²) in [6.45, 7) is 6.74. The van der Waals surface area contributed by atoms with Gasteiger partial charge in [-0.1, -0.05) is 67.7 Å². The van der Waals surface area contributed by atoms with Crippen molar-refractivity contribution in [3.8, 4) is 0 Å². The summed E-state index contributed by atoms with van der Waals surface area (Å²) < 4.78 is 10.4. The first-order valence-electron chi connectivity index (χ1n) is 10.3. The van der Waals surface area contributed by atoms with Crippen molar-refractivity contribution in [3.05, 3.63) is 60.8 Å². The molecule has 0 rings (SSSR count). The second-order valence-corrected chi connectivity index (χ2v) is 5.98. The topological polar surface area (TPSA) is 35.5 Å². The lowest BCUT2D eigenvalue weighted by Crippen LogP contribution is -2.26. The molecule has 1 unspecified atom stereocenters. The van der Waals surface area contributed by atoms with Crippen molar-refractivity contribution in [1.82, 2.24) is 0 Å². The Morgan fingerprint density at radius 3 is 1.74 bits per heavy atom. The number of ether oxygens (including phenoxy) is 2. The largest absolute Gasteiger partial charge is 0.464 e. The number of hydrogen-bond acceptors (Lipinski definition) is 3. The van der Waals surface area contributed by atoms with Crippen molar-refractivity contribution in [3.63, 3.8) is 0 Å². The first-order chi connectivity index (χ1) is 13.3. The van der Waals surface area contributed by atoms with E-state index in [0.29, 0.717) is 19.6 Å². The lowest BCUT2D eigenvalue weighted by atomic mass is 10.2. The van der Waals surface area contributed by atoms with E-state index in [9.17, 15) is 4.79 Å². The van der Waals surface area contributed by atoms with Gasteiger partial charge in [-0.25, -0.2) is 4.79 Å². The lowest BCUT2D eigenvalue weighted by molar-refractivity contribution is -0.156. The van der Waals surface area contributed by atoms with E-state index >= 15 is 0 Å². The highest BCUT2D eigenvalue weighted by Gasteiger charge is 2.17. The molecule has 27 heavy (non-hydrogen) atoms. The van der Waals surface area contributed by atoms with E-state index in [1.165, 1.54) is 0 Å². The average Bonchev–Trinajstić information content (AvgIpc) is 2.67. The van der Waals surface area contributed by atoms with Crippen LogP contribution in [0.4, 0.5) is 0 Å². The zero-order valence-electron chi connectivity index (χ0n) is 17.4. The monoisotopic (exact) mass is 374 g/mol. The number of rotatable bonds is 16. The fourth-order valence-corrected chi connectivity index (χ4v) is 2.30. The molecule has 0 radical (unpaired) electrons. The van der Waals surface area contributed by atoms with Crippen LogP contribution in [0.25, 0.3) is 0 Å². The third-order valence-corrected chi connectivity index (χ3v) is 3.65. The Morgan fingerprint density at radius 2 is 1.22 bits per heavy atom. The normalized spacial score (nSPS) is 13.7. The van der Waals surface area contributed by atoms with Crippen LogP contribution in [0.3, 0.4) is 0 Å². The Morgan fingerprint density at radius 1 is 0.704 bits per heavy atom. The molecule has 0 aliphatic carbocycles. The minimum absolute atomic E-state index is 0.275. The van der Waals surface area contributed by atoms with Crippen LogP contribution in [0.5, 0.6) is 0 Å². The molecule has 0 aliphatic rings. The fourth-order valence-electron chi connectivity index (χ4n) is 2.30. The predicted molar refractivity (Wildman–Crippen MR) is 116 cm³/mol. The minimum Gasteiger partial charge on any atom is -0.464 e. The summed E-state index contributed by atoms with van der Waals surface area (Å²) in [4.78, 5) is 11.7. The van der Waals surface area contributed by atoms with Crippen molar-refractivity contribution in [1.29, 1.82) is 0 Å². The van der Waals surface area contributed by atoms with Gasteiger partial charge in [0.15, 0.2) is 6.10 Å². The summed E-state index contributed by atoms with van der Waals surface area (Å²) in [5.41, 5.74) is 0. The molecule has 3 nitrogen and oxygen atoms in total. The maximum Gasteiger partial charge on any atom is 0.335 e. The predicted octanol–water partition coefficient (Wildman–Crippen LogP) is 6.49. The van der Waals surface area contributed by atoms with E-state index in [4.69, 9.17) is 9.47 Å². The summed E-state index contributed by atoms with van der Waals surface area (Å²) >= 11 is 0. The van der Waals surface area contributed by atoms with Crippen LogP contribution in [-0.2, 0) is 14.3 Å². The van der Waals surface area contributed by atoms with E-state index < -0.39 is 6.10 Å². The molecule has 152 valence electrons. The van der Waals surface area contributed by atoms with Gasteiger partial charge in [-0.15, -0.1) is 0 Å². The van der Waals surface area contributed by atoms with Crippen molar-refractivity contribution < 1.29 is 14.3 Å². The summed E-state index contributed by atoms with van der Waals surface area (Å²) in [6.07, 6.45) is 27.9. The SMILES string of the molecule is CC/C=C\C/C=C\C/C=C\C/C=C\CC/C=C/CC(OCC)C(=O)OCC. The Kier molecular flexibility index (Phi) is 19.0. The zero-order valence-corrected chi connectivity index (χ0v) is 17.4. The molecule has 0 aromatic rings. The maximum atomic E-state index is 11.7. The standard InChI is InChI=1S/C24H38O3/c1-4-7-8-9-10-11-12-13-14-15-16-17-18-19-20-21-22-23(26-5-2)24(25)27-6-3/h7-8,10-11,13-14,16-17,20-21,23H,4-6,9,12,15,18-19,22H2,1-3H3/b8-7-,11-10-,14-13-,17-16-,21-20+. The molecule has 0 aromatic heterocycles. The number of allylic oxidation sites excluding steroid dienone is 9. The van der Waals surface area contributed by atoms with Gasteiger partial charge in [0.1, 0.15) is 0 Å². The summed E-state index contributed by atoms with van der Waals surface area (Å²) in [5, 5.41) is 0. The molecule has 0 bridgehead atoms. The van der Waals surface area contributed by atoms with Gasteiger partial charge < -0.3 is 9.47 Å². The van der Waals surface area contributed by atoms with Crippen molar-refractivity contribution >= 4 is 5.97 Å². The smallest absolute Gasteiger partial charge is 0.335 e. The van der Waals surface area contributed by atoms with E-state index in [-0.39, 0.29) is 5.97 Å². The Balaban J connectivity index is 3.78. The molecule has 0 fully saturated rings. The van der Waals surface area contributed by atoms with Crippen molar-refractivity contribution in [2.75, 3.05) is 13.2 Å². The van der Waals surface area contributed by atoms with Crippen LogP contribution in [0, 0.1) is 0 Å². The van der Waals surface area contributed by atoms with Gasteiger partial charge in [0.2, 0.25) is 0 Å². The molecule has 0 heterocycles. The van der Waals surface area contributed by atoms with Crippen LogP contribution in [0.2, 0.25) is 0 Å². The van der Waals surface area contributed by atoms with E-state index in [1.54, 1.807) is 6.92 Å². The van der Waals surface area contributed by atoms with Gasteiger partial charge >= 0.3 is 5.97 Å². The van der Waals surface area contributed by atoms with Crippen LogP contribution in [0.15, 0.2) is 60.8 Å². The number of unbranched alkanes of at least 4 members (excludes halogenated alkanes) is 1. The molecule has 0 saturated heterocycles. The zero-order chi connectivity index (χ0) is 20.0. The van der Waals surface area contributed by atoms with Gasteiger partial charge in [0.05, 0.1) is 6.61 Å². The lowest BCUT2D eigenvalue weighted by Gasteiger charge is -2.13. The first-order valence-corrected chi connectivity index (χ1v) is 10.3. The minimum atomic E-state index is -0.483. The third-order valence-electron chi connectivity index (χ3n) is 3.65. The van der Waals surface area contributed by atoms with E-state index in [0.717, 1.165) is 38.5 Å². The van der Waals surface area contributed by atoms with Crippen LogP contribution in [0.1, 0.15) is 65.7 Å². The molecule has 0 N–H and O–H groups in total. The summed E-state index contributed by atoms with van der Waals surface area (Å²) in [7, 11) is 0. The molecule has 0 aromatic carbocycles. The first kappa shape index (κ1) is 25.1. The number of carbonyl (C=O) groups is 1. The van der Waals surface area contributed by atoms with Crippen LogP contribution in [-0.4, -0.2) is 25.3 Å². The average molecular weight is 375 g/mol. The van der Waals surface area contributed by atoms with Crippen LogP contribution >= 0.6 is 0 Å². The Hall–Kier alpha value is -1.87. The van der Waals surface area contributed by atoms with Crippen LogP contribution < -0.4 is 0 Å². The highest BCUT2D eigenvalue weighted by Crippen LogP contribution is 2.05. The van der Waals surface area contributed by atoms with E-state index in [2.05, 4.69) is 61.6 Å². The molecular formula is C24H38O3. The summed E-state index contributed by atoms with van der Waals surface area (Å²) in [5.74, 6) is -0.275. The summed E-state index contributed by atoms with van der Waals surface area (Å²) in [6, 6.07) is 0. The van der Waals surface area contributed by atoms with Gasteiger partial charge in [0.25, 0.3) is 0 Å². The molecule has 0 amide bonds. The van der Waals surface area contributed by atoms with Gasteiger partial charge in [0, 0.05) is 13.0 Å². The number of hydrogen-bond donors (Lipinski definition) is 0. The van der Waals surface area contributed by atoms with Gasteiger partial charge in [-0.3, -0.25) is 0 Å². The molecular weight excluding hydrogens is 336 g/mol. The second-order valence-electron chi connectivity index (χ2n) is 5.98. The highest BCUT2D eigenvalue weighted by molar-refractivity contribution is 5.74. The highest BCUT2D eigenvalue weighted by atomic mass is 16.6.